The molecule has 0 saturated carbocycles. The number of aromatic nitrogens is 3. The Hall–Kier alpha value is -2.89. The number of phenols is 1. The predicted octanol–water partition coefficient (Wildman–Crippen LogP) is 1.20. The van der Waals surface area contributed by atoms with Crippen LogP contribution in [0.15, 0.2) is 42.6 Å². The first kappa shape index (κ1) is 11.2. The number of phenolic OH excluding ortho intramolecular Hbond substituents is 1. The van der Waals surface area contributed by atoms with E-state index in [0.29, 0.717) is 22.6 Å². The van der Waals surface area contributed by atoms with Crippen molar-refractivity contribution in [1.82, 2.24) is 14.6 Å². The maximum atomic E-state index is 11.3. The Bertz CT molecular complexity index is 779. The van der Waals surface area contributed by atoms with E-state index in [1.807, 2.05) is 0 Å². The molecule has 0 saturated heterocycles. The fourth-order valence-corrected chi connectivity index (χ4v) is 1.87. The van der Waals surface area contributed by atoms with Gasteiger partial charge in [-0.05, 0) is 24.3 Å². The minimum atomic E-state index is -0.555. The molecule has 0 bridgehead atoms. The first-order valence-electron chi connectivity index (χ1n) is 5.60. The number of nitrogens with two attached hydrogens (primary N) is 1. The third-order valence-electron chi connectivity index (χ3n) is 2.73. The van der Waals surface area contributed by atoms with Crippen LogP contribution in [-0.4, -0.2) is 25.6 Å². The van der Waals surface area contributed by atoms with Crippen molar-refractivity contribution in [3.8, 4) is 17.1 Å². The van der Waals surface area contributed by atoms with Crippen molar-refractivity contribution in [2.45, 2.75) is 0 Å². The molecule has 1 amide bonds. The number of benzene rings is 1. The molecule has 0 atom stereocenters. The Morgan fingerprint density at radius 3 is 2.84 bits per heavy atom. The zero-order valence-corrected chi connectivity index (χ0v) is 9.82. The van der Waals surface area contributed by atoms with Gasteiger partial charge in [0.1, 0.15) is 5.75 Å². The summed E-state index contributed by atoms with van der Waals surface area (Å²) < 4.78 is 1.49. The number of amides is 1. The highest BCUT2D eigenvalue weighted by molar-refractivity contribution is 5.98. The summed E-state index contributed by atoms with van der Waals surface area (Å²) in [6, 6.07) is 9.86. The van der Waals surface area contributed by atoms with Gasteiger partial charge in [0, 0.05) is 11.8 Å². The van der Waals surface area contributed by atoms with Crippen LogP contribution in [0.5, 0.6) is 5.75 Å². The maximum absolute atomic E-state index is 11.3. The van der Waals surface area contributed by atoms with E-state index >= 15 is 0 Å². The Morgan fingerprint density at radius 1 is 1.26 bits per heavy atom. The third kappa shape index (κ3) is 1.89. The fourth-order valence-electron chi connectivity index (χ4n) is 1.87. The van der Waals surface area contributed by atoms with E-state index in [-0.39, 0.29) is 5.75 Å². The molecule has 94 valence electrons. The Kier molecular flexibility index (Phi) is 2.42. The number of nitrogens with zero attached hydrogens (tertiary/aromatic N) is 3. The Labute approximate surface area is 108 Å². The lowest BCUT2D eigenvalue weighted by molar-refractivity contribution is 0.100. The first-order valence-corrected chi connectivity index (χ1v) is 5.60. The normalized spacial score (nSPS) is 10.7. The molecule has 6 heteroatoms. The fraction of sp³-hybridized carbons (Fsp3) is 0. The number of carbonyl (C=O) groups is 1. The van der Waals surface area contributed by atoms with Crippen LogP contribution in [0.4, 0.5) is 0 Å². The quantitative estimate of drug-likeness (QED) is 0.718. The monoisotopic (exact) mass is 254 g/mol. The van der Waals surface area contributed by atoms with Crippen LogP contribution in [0.3, 0.4) is 0 Å². The topological polar surface area (TPSA) is 93.5 Å². The standard InChI is InChI=1S/C13H10N4O2/c14-11(19)10-5-2-6-17-13(10)15-12(16-17)8-3-1-4-9(18)7-8/h1-7,18H,(H2,14,19). The average Bonchev–Trinajstić information content (AvgIpc) is 2.82. The summed E-state index contributed by atoms with van der Waals surface area (Å²) in [5.74, 6) is -0.00320. The minimum absolute atomic E-state index is 0.131. The van der Waals surface area contributed by atoms with Crippen molar-refractivity contribution in [3.05, 3.63) is 48.2 Å². The molecule has 0 spiro atoms. The van der Waals surface area contributed by atoms with Crippen LogP contribution in [0.25, 0.3) is 17.0 Å². The summed E-state index contributed by atoms with van der Waals surface area (Å²) in [4.78, 5) is 15.6. The highest BCUT2D eigenvalue weighted by Crippen LogP contribution is 2.21. The van der Waals surface area contributed by atoms with E-state index in [1.54, 1.807) is 42.6 Å². The smallest absolute Gasteiger partial charge is 0.252 e. The molecule has 3 N–H and O–H groups in total. The van der Waals surface area contributed by atoms with Crippen LogP contribution in [0, 0.1) is 0 Å². The van der Waals surface area contributed by atoms with Gasteiger partial charge in [-0.1, -0.05) is 12.1 Å². The number of pyridine rings is 1. The summed E-state index contributed by atoms with van der Waals surface area (Å²) in [5.41, 5.74) is 6.66. The summed E-state index contributed by atoms with van der Waals surface area (Å²) >= 11 is 0. The molecule has 3 aromatic rings. The molecule has 6 nitrogen and oxygen atoms in total. The SMILES string of the molecule is NC(=O)c1cccn2nc(-c3cccc(O)c3)nc12. The highest BCUT2D eigenvalue weighted by atomic mass is 16.3. The number of aromatic hydroxyl groups is 1. The number of carbonyl (C=O) groups excluding carboxylic acids is 1. The van der Waals surface area contributed by atoms with Gasteiger partial charge in [-0.15, -0.1) is 5.10 Å². The molecule has 0 unspecified atom stereocenters. The number of rotatable bonds is 2. The second kappa shape index (κ2) is 4.09. The molecular formula is C13H10N4O2. The van der Waals surface area contributed by atoms with Gasteiger partial charge in [-0.2, -0.15) is 0 Å². The summed E-state index contributed by atoms with van der Waals surface area (Å²) in [5, 5.41) is 13.7. The number of fused-ring (bicyclic) bond motifs is 1. The van der Waals surface area contributed by atoms with Crippen LogP contribution >= 0.6 is 0 Å². The van der Waals surface area contributed by atoms with E-state index < -0.39 is 5.91 Å². The Balaban J connectivity index is 2.22. The van der Waals surface area contributed by atoms with Crippen LogP contribution in [0.1, 0.15) is 10.4 Å². The second-order valence-electron chi connectivity index (χ2n) is 4.04. The molecule has 0 aliphatic heterocycles. The number of primary amides is 1. The van der Waals surface area contributed by atoms with Crippen molar-refractivity contribution >= 4 is 11.6 Å². The molecule has 0 radical (unpaired) electrons. The first-order chi connectivity index (χ1) is 9.15. The summed E-state index contributed by atoms with van der Waals surface area (Å²) in [7, 11) is 0. The lowest BCUT2D eigenvalue weighted by Crippen LogP contribution is -2.12. The molecule has 1 aromatic carbocycles. The second-order valence-corrected chi connectivity index (χ2v) is 4.04. The van der Waals surface area contributed by atoms with Crippen LogP contribution in [0.2, 0.25) is 0 Å². The van der Waals surface area contributed by atoms with Crippen molar-refractivity contribution in [2.75, 3.05) is 0 Å². The number of hydrogen-bond acceptors (Lipinski definition) is 4. The lowest BCUT2D eigenvalue weighted by Gasteiger charge is -1.95. The summed E-state index contributed by atoms with van der Waals surface area (Å²) in [6.07, 6.45) is 1.68. The van der Waals surface area contributed by atoms with E-state index in [2.05, 4.69) is 10.1 Å². The van der Waals surface area contributed by atoms with Gasteiger partial charge >= 0.3 is 0 Å². The van der Waals surface area contributed by atoms with Crippen molar-refractivity contribution in [3.63, 3.8) is 0 Å². The largest absolute Gasteiger partial charge is 0.508 e. The summed E-state index contributed by atoms with van der Waals surface area (Å²) in [6.45, 7) is 0. The highest BCUT2D eigenvalue weighted by Gasteiger charge is 2.12. The molecular weight excluding hydrogens is 244 g/mol. The van der Waals surface area contributed by atoms with Gasteiger partial charge in [0.15, 0.2) is 11.5 Å². The number of hydrogen-bond donors (Lipinski definition) is 2. The van der Waals surface area contributed by atoms with Gasteiger partial charge in [-0.3, -0.25) is 4.79 Å². The van der Waals surface area contributed by atoms with Gasteiger partial charge in [-0.25, -0.2) is 9.50 Å². The van der Waals surface area contributed by atoms with Crippen molar-refractivity contribution in [2.24, 2.45) is 5.73 Å². The van der Waals surface area contributed by atoms with E-state index in [4.69, 9.17) is 5.73 Å². The molecule has 2 aromatic heterocycles. The third-order valence-corrected chi connectivity index (χ3v) is 2.73. The van der Waals surface area contributed by atoms with Gasteiger partial charge < -0.3 is 10.8 Å². The zero-order chi connectivity index (χ0) is 13.4. The van der Waals surface area contributed by atoms with Crippen molar-refractivity contribution < 1.29 is 9.90 Å². The van der Waals surface area contributed by atoms with Gasteiger partial charge in [0.05, 0.1) is 5.56 Å². The lowest BCUT2D eigenvalue weighted by atomic mass is 10.2. The molecule has 19 heavy (non-hydrogen) atoms. The molecule has 3 rings (SSSR count). The molecule has 0 fully saturated rings. The molecule has 0 aliphatic carbocycles. The average molecular weight is 254 g/mol. The maximum Gasteiger partial charge on any atom is 0.252 e. The van der Waals surface area contributed by atoms with Crippen LogP contribution < -0.4 is 5.73 Å². The predicted molar refractivity (Wildman–Crippen MR) is 68.6 cm³/mol. The van der Waals surface area contributed by atoms with Gasteiger partial charge in [0.2, 0.25) is 0 Å². The van der Waals surface area contributed by atoms with E-state index in [9.17, 15) is 9.90 Å². The van der Waals surface area contributed by atoms with Gasteiger partial charge in [0.25, 0.3) is 5.91 Å². The van der Waals surface area contributed by atoms with Crippen molar-refractivity contribution in [1.29, 1.82) is 0 Å². The molecule has 0 aliphatic rings. The van der Waals surface area contributed by atoms with Crippen LogP contribution in [-0.2, 0) is 0 Å². The zero-order valence-electron chi connectivity index (χ0n) is 9.82. The Morgan fingerprint density at radius 2 is 2.11 bits per heavy atom. The van der Waals surface area contributed by atoms with E-state index in [0.717, 1.165) is 0 Å². The molecule has 2 heterocycles. The van der Waals surface area contributed by atoms with E-state index in [1.165, 1.54) is 4.52 Å². The minimum Gasteiger partial charge on any atom is -0.508 e.